The van der Waals surface area contributed by atoms with Crippen molar-refractivity contribution in [2.24, 2.45) is 5.92 Å². The SMILES string of the molecule is Cl.O=C(C1CNC1)N1CCCC1c1cccc2ccccc12. The largest absolute Gasteiger partial charge is 0.335 e. The molecule has 1 N–H and O–H groups in total. The summed E-state index contributed by atoms with van der Waals surface area (Å²) in [5, 5.41) is 5.75. The van der Waals surface area contributed by atoms with Gasteiger partial charge in [-0.25, -0.2) is 0 Å². The molecule has 1 amide bonds. The van der Waals surface area contributed by atoms with Gasteiger partial charge in [0, 0.05) is 19.6 Å². The number of benzene rings is 2. The average Bonchev–Trinajstić information content (AvgIpc) is 2.94. The zero-order valence-corrected chi connectivity index (χ0v) is 13.3. The van der Waals surface area contributed by atoms with Gasteiger partial charge in [0.25, 0.3) is 0 Å². The van der Waals surface area contributed by atoms with E-state index in [0.29, 0.717) is 5.91 Å². The number of halogens is 1. The predicted molar refractivity (Wildman–Crippen MR) is 91.2 cm³/mol. The maximum atomic E-state index is 12.6. The molecule has 3 nitrogen and oxygen atoms in total. The average molecular weight is 317 g/mol. The molecular formula is C18H21ClN2O. The smallest absolute Gasteiger partial charge is 0.228 e. The minimum absolute atomic E-state index is 0. The van der Waals surface area contributed by atoms with E-state index in [1.807, 2.05) is 0 Å². The second-order valence-electron chi connectivity index (χ2n) is 6.11. The van der Waals surface area contributed by atoms with Crippen LogP contribution in [0.5, 0.6) is 0 Å². The van der Waals surface area contributed by atoms with Crippen molar-refractivity contribution in [1.29, 1.82) is 0 Å². The third-order valence-corrected chi connectivity index (χ3v) is 4.85. The fourth-order valence-electron chi connectivity index (χ4n) is 3.59. The first kappa shape index (κ1) is 15.3. The Morgan fingerprint density at radius 1 is 1.09 bits per heavy atom. The molecule has 22 heavy (non-hydrogen) atoms. The standard InChI is InChI=1S/C18H20N2O.ClH/c21-18(14-11-19-12-14)20-10-4-9-17(20)16-8-3-6-13-5-1-2-7-15(13)16;/h1-3,5-8,14,17,19H,4,9-12H2;1H. The van der Waals surface area contributed by atoms with Gasteiger partial charge in [-0.2, -0.15) is 0 Å². The van der Waals surface area contributed by atoms with Crippen molar-refractivity contribution in [2.75, 3.05) is 19.6 Å². The molecule has 0 radical (unpaired) electrons. The van der Waals surface area contributed by atoms with Crippen LogP contribution >= 0.6 is 12.4 Å². The highest BCUT2D eigenvalue weighted by molar-refractivity contribution is 5.87. The van der Waals surface area contributed by atoms with Crippen LogP contribution in [-0.2, 0) is 4.79 Å². The molecule has 2 fully saturated rings. The fraction of sp³-hybridized carbons (Fsp3) is 0.389. The van der Waals surface area contributed by atoms with Gasteiger partial charge in [0.1, 0.15) is 0 Å². The monoisotopic (exact) mass is 316 g/mol. The number of nitrogens with one attached hydrogen (secondary N) is 1. The maximum absolute atomic E-state index is 12.6. The van der Waals surface area contributed by atoms with Crippen LogP contribution in [-0.4, -0.2) is 30.4 Å². The summed E-state index contributed by atoms with van der Waals surface area (Å²) < 4.78 is 0. The van der Waals surface area contributed by atoms with Crippen molar-refractivity contribution < 1.29 is 4.79 Å². The molecule has 4 heteroatoms. The van der Waals surface area contributed by atoms with E-state index in [9.17, 15) is 4.79 Å². The second-order valence-corrected chi connectivity index (χ2v) is 6.11. The van der Waals surface area contributed by atoms with Crippen molar-refractivity contribution in [3.05, 3.63) is 48.0 Å². The summed E-state index contributed by atoms with van der Waals surface area (Å²) >= 11 is 0. The van der Waals surface area contributed by atoms with E-state index < -0.39 is 0 Å². The van der Waals surface area contributed by atoms with E-state index in [-0.39, 0.29) is 24.4 Å². The van der Waals surface area contributed by atoms with Crippen LogP contribution in [0.1, 0.15) is 24.4 Å². The molecule has 2 aromatic carbocycles. The lowest BCUT2D eigenvalue weighted by atomic mass is 9.95. The Kier molecular flexibility index (Phi) is 4.37. The molecule has 0 bridgehead atoms. The number of hydrogen-bond acceptors (Lipinski definition) is 2. The van der Waals surface area contributed by atoms with Crippen LogP contribution in [0.25, 0.3) is 10.8 Å². The highest BCUT2D eigenvalue weighted by Gasteiger charge is 2.36. The van der Waals surface area contributed by atoms with Gasteiger partial charge >= 0.3 is 0 Å². The molecule has 2 heterocycles. The van der Waals surface area contributed by atoms with Crippen molar-refractivity contribution in [3.8, 4) is 0 Å². The predicted octanol–water partition coefficient (Wildman–Crippen LogP) is 3.14. The zero-order chi connectivity index (χ0) is 14.2. The van der Waals surface area contributed by atoms with Crippen LogP contribution in [0.15, 0.2) is 42.5 Å². The first-order chi connectivity index (χ1) is 10.3. The Labute approximate surface area is 137 Å². The molecular weight excluding hydrogens is 296 g/mol. The second kappa shape index (κ2) is 6.27. The lowest BCUT2D eigenvalue weighted by molar-refractivity contribution is -0.138. The lowest BCUT2D eigenvalue weighted by Gasteiger charge is -2.34. The number of nitrogens with zero attached hydrogens (tertiary/aromatic N) is 1. The first-order valence-electron chi connectivity index (χ1n) is 7.83. The first-order valence-corrected chi connectivity index (χ1v) is 7.83. The van der Waals surface area contributed by atoms with E-state index in [4.69, 9.17) is 0 Å². The number of fused-ring (bicyclic) bond motifs is 1. The van der Waals surface area contributed by atoms with Crippen LogP contribution in [0.4, 0.5) is 0 Å². The van der Waals surface area contributed by atoms with Gasteiger partial charge in [0.15, 0.2) is 0 Å². The molecule has 1 atom stereocenters. The van der Waals surface area contributed by atoms with E-state index in [0.717, 1.165) is 32.5 Å². The Balaban J connectivity index is 0.00000144. The van der Waals surface area contributed by atoms with Crippen molar-refractivity contribution in [3.63, 3.8) is 0 Å². The summed E-state index contributed by atoms with van der Waals surface area (Å²) in [4.78, 5) is 14.8. The van der Waals surface area contributed by atoms with Crippen LogP contribution in [0.3, 0.4) is 0 Å². The van der Waals surface area contributed by atoms with Gasteiger partial charge in [-0.05, 0) is 29.2 Å². The Hall–Kier alpha value is -1.58. The molecule has 2 aliphatic rings. The van der Waals surface area contributed by atoms with E-state index >= 15 is 0 Å². The van der Waals surface area contributed by atoms with E-state index in [1.54, 1.807) is 0 Å². The normalized spacial score (nSPS) is 21.5. The molecule has 1 unspecified atom stereocenters. The third-order valence-electron chi connectivity index (χ3n) is 4.85. The van der Waals surface area contributed by atoms with Crippen LogP contribution in [0, 0.1) is 5.92 Å². The summed E-state index contributed by atoms with van der Waals surface area (Å²) in [6.07, 6.45) is 2.19. The van der Waals surface area contributed by atoms with Gasteiger partial charge in [-0.3, -0.25) is 4.79 Å². The quantitative estimate of drug-likeness (QED) is 0.923. The third kappa shape index (κ3) is 2.49. The summed E-state index contributed by atoms with van der Waals surface area (Å²) in [5.41, 5.74) is 1.31. The molecule has 2 aliphatic heterocycles. The van der Waals surface area contributed by atoms with Crippen molar-refractivity contribution in [2.45, 2.75) is 18.9 Å². The van der Waals surface area contributed by atoms with Crippen LogP contribution in [0.2, 0.25) is 0 Å². The number of hydrogen-bond donors (Lipinski definition) is 1. The maximum Gasteiger partial charge on any atom is 0.228 e. The fourth-order valence-corrected chi connectivity index (χ4v) is 3.59. The van der Waals surface area contributed by atoms with Gasteiger partial charge in [-0.15, -0.1) is 12.4 Å². The van der Waals surface area contributed by atoms with Gasteiger partial charge in [-0.1, -0.05) is 42.5 Å². The minimum atomic E-state index is 0. The number of likely N-dealkylation sites (tertiary alicyclic amines) is 1. The molecule has 0 aliphatic carbocycles. The molecule has 0 saturated carbocycles. The number of carbonyl (C=O) groups is 1. The van der Waals surface area contributed by atoms with Gasteiger partial charge in [0.2, 0.25) is 5.91 Å². The Bertz CT molecular complexity index is 678. The van der Waals surface area contributed by atoms with Crippen molar-refractivity contribution >= 4 is 29.1 Å². The van der Waals surface area contributed by atoms with Gasteiger partial charge < -0.3 is 10.2 Å². The number of carbonyl (C=O) groups excluding carboxylic acids is 1. The van der Waals surface area contributed by atoms with E-state index in [1.165, 1.54) is 16.3 Å². The van der Waals surface area contributed by atoms with E-state index in [2.05, 4.69) is 52.7 Å². The zero-order valence-electron chi connectivity index (χ0n) is 12.5. The summed E-state index contributed by atoms with van der Waals surface area (Å²) in [7, 11) is 0. The highest BCUT2D eigenvalue weighted by Crippen LogP contribution is 2.36. The summed E-state index contributed by atoms with van der Waals surface area (Å²) in [5.74, 6) is 0.532. The molecule has 116 valence electrons. The molecule has 2 saturated heterocycles. The van der Waals surface area contributed by atoms with Crippen molar-refractivity contribution in [1.82, 2.24) is 10.2 Å². The molecule has 0 aromatic heterocycles. The minimum Gasteiger partial charge on any atom is -0.335 e. The topological polar surface area (TPSA) is 32.3 Å². The Morgan fingerprint density at radius 2 is 1.86 bits per heavy atom. The molecule has 2 aromatic rings. The van der Waals surface area contributed by atoms with Gasteiger partial charge in [0.05, 0.1) is 12.0 Å². The molecule has 0 spiro atoms. The lowest BCUT2D eigenvalue weighted by Crippen LogP contribution is -2.51. The number of amides is 1. The summed E-state index contributed by atoms with van der Waals surface area (Å²) in [6.45, 7) is 2.60. The van der Waals surface area contributed by atoms with Crippen LogP contribution < -0.4 is 5.32 Å². The summed E-state index contributed by atoms with van der Waals surface area (Å²) in [6, 6.07) is 15.2. The highest BCUT2D eigenvalue weighted by atomic mass is 35.5. The Morgan fingerprint density at radius 3 is 2.64 bits per heavy atom. The molecule has 4 rings (SSSR count). The number of rotatable bonds is 2.